The highest BCUT2D eigenvalue weighted by Gasteiger charge is 2.22. The summed E-state index contributed by atoms with van der Waals surface area (Å²) in [5, 5.41) is 0. The summed E-state index contributed by atoms with van der Waals surface area (Å²) in [6.07, 6.45) is 9.04. The number of fused-ring (bicyclic) bond motifs is 1. The first-order valence-corrected chi connectivity index (χ1v) is 6.80. The Morgan fingerprint density at radius 1 is 1.22 bits per heavy atom. The van der Waals surface area contributed by atoms with Gasteiger partial charge in [0, 0.05) is 6.04 Å². The summed E-state index contributed by atoms with van der Waals surface area (Å²) < 4.78 is 0. The molecular weight excluding hydrogens is 242 g/mol. The first-order chi connectivity index (χ1) is 8.33. The maximum Gasteiger partial charge on any atom is 0.0130 e. The highest BCUT2D eigenvalue weighted by atomic mass is 35.5. The molecule has 3 rings (SSSR count). The van der Waals surface area contributed by atoms with Crippen molar-refractivity contribution in [2.75, 3.05) is 13.6 Å². The van der Waals surface area contributed by atoms with Crippen LogP contribution in [0.4, 0.5) is 0 Å². The van der Waals surface area contributed by atoms with Crippen LogP contribution in [-0.4, -0.2) is 24.5 Å². The minimum absolute atomic E-state index is 0. The van der Waals surface area contributed by atoms with Crippen molar-refractivity contribution in [3.05, 3.63) is 41.0 Å². The van der Waals surface area contributed by atoms with E-state index in [1.54, 1.807) is 5.57 Å². The van der Waals surface area contributed by atoms with Gasteiger partial charge in [-0.05, 0) is 50.4 Å². The number of halogens is 1. The molecule has 1 saturated heterocycles. The molecule has 0 N–H and O–H groups in total. The van der Waals surface area contributed by atoms with Crippen LogP contribution in [0.1, 0.15) is 36.8 Å². The lowest BCUT2D eigenvalue weighted by atomic mass is 9.95. The normalized spacial score (nSPS) is 23.2. The van der Waals surface area contributed by atoms with Gasteiger partial charge in [0.1, 0.15) is 0 Å². The summed E-state index contributed by atoms with van der Waals surface area (Å²) in [4.78, 5) is 2.55. The van der Waals surface area contributed by atoms with Gasteiger partial charge in [0.25, 0.3) is 0 Å². The monoisotopic (exact) mass is 263 g/mol. The van der Waals surface area contributed by atoms with E-state index in [2.05, 4.69) is 42.3 Å². The topological polar surface area (TPSA) is 3.24 Å². The molecule has 1 aliphatic heterocycles. The first-order valence-electron chi connectivity index (χ1n) is 6.80. The highest BCUT2D eigenvalue weighted by Crippen LogP contribution is 2.30. The lowest BCUT2D eigenvalue weighted by molar-refractivity contribution is 0.184. The highest BCUT2D eigenvalue weighted by molar-refractivity contribution is 5.85. The maximum absolute atomic E-state index is 2.55. The lowest BCUT2D eigenvalue weighted by Crippen LogP contribution is -2.36. The third kappa shape index (κ3) is 2.78. The minimum atomic E-state index is 0. The smallest absolute Gasteiger partial charge is 0.0130 e. The summed E-state index contributed by atoms with van der Waals surface area (Å²) in [6, 6.07) is 9.59. The zero-order chi connectivity index (χ0) is 11.7. The Kier molecular flexibility index (Phi) is 4.47. The van der Waals surface area contributed by atoms with Crippen molar-refractivity contribution in [1.82, 2.24) is 4.90 Å². The molecule has 98 valence electrons. The van der Waals surface area contributed by atoms with Crippen LogP contribution in [0, 0.1) is 0 Å². The molecule has 1 atom stereocenters. The van der Waals surface area contributed by atoms with Crippen molar-refractivity contribution in [2.45, 2.75) is 38.1 Å². The molecule has 0 saturated carbocycles. The molecule has 1 aliphatic carbocycles. The van der Waals surface area contributed by atoms with Gasteiger partial charge in [-0.15, -0.1) is 12.4 Å². The minimum Gasteiger partial charge on any atom is -0.303 e. The third-order valence-corrected chi connectivity index (χ3v) is 4.25. The summed E-state index contributed by atoms with van der Waals surface area (Å²) in [6.45, 7) is 1.28. The van der Waals surface area contributed by atoms with Crippen LogP contribution in [0.3, 0.4) is 0 Å². The Balaban J connectivity index is 0.00000120. The molecule has 0 amide bonds. The molecule has 0 aromatic heterocycles. The van der Waals surface area contributed by atoms with Crippen molar-refractivity contribution >= 4 is 18.5 Å². The second kappa shape index (κ2) is 5.90. The number of hydrogen-bond donors (Lipinski definition) is 0. The van der Waals surface area contributed by atoms with Crippen LogP contribution in [0.5, 0.6) is 0 Å². The third-order valence-electron chi connectivity index (χ3n) is 4.25. The van der Waals surface area contributed by atoms with E-state index in [9.17, 15) is 0 Å². The molecule has 0 bridgehead atoms. The van der Waals surface area contributed by atoms with Gasteiger partial charge in [-0.3, -0.25) is 0 Å². The van der Waals surface area contributed by atoms with Crippen LogP contribution >= 0.6 is 12.4 Å². The lowest BCUT2D eigenvalue weighted by Gasteiger charge is -2.32. The van der Waals surface area contributed by atoms with Crippen LogP contribution in [-0.2, 0) is 6.42 Å². The second-order valence-electron chi connectivity index (χ2n) is 5.51. The number of benzene rings is 1. The Morgan fingerprint density at radius 3 is 2.83 bits per heavy atom. The molecule has 1 unspecified atom stereocenters. The second-order valence-corrected chi connectivity index (χ2v) is 5.51. The predicted molar refractivity (Wildman–Crippen MR) is 80.3 cm³/mol. The molecular formula is C16H22ClN. The Hall–Kier alpha value is -0.790. The Morgan fingerprint density at radius 2 is 2.06 bits per heavy atom. The summed E-state index contributed by atoms with van der Waals surface area (Å²) in [5.74, 6) is 0. The van der Waals surface area contributed by atoms with E-state index >= 15 is 0 Å². The van der Waals surface area contributed by atoms with Gasteiger partial charge < -0.3 is 4.90 Å². The zero-order valence-electron chi connectivity index (χ0n) is 11.1. The SMILES string of the molecule is CN1CCCCC1CC1=Cc2ccccc2C1.Cl. The average molecular weight is 264 g/mol. The quantitative estimate of drug-likeness (QED) is 0.782. The molecule has 1 fully saturated rings. The van der Waals surface area contributed by atoms with E-state index in [1.165, 1.54) is 49.8 Å². The van der Waals surface area contributed by atoms with Crippen molar-refractivity contribution < 1.29 is 0 Å². The molecule has 0 spiro atoms. The standard InChI is InChI=1S/C16H21N.ClH/c1-17-9-5-4-8-16(17)12-13-10-14-6-2-3-7-15(14)11-13;/h2-3,6-7,10,16H,4-5,8-9,11-12H2,1H3;1H. The van der Waals surface area contributed by atoms with Crippen LogP contribution < -0.4 is 0 Å². The molecule has 2 aliphatic rings. The van der Waals surface area contributed by atoms with Gasteiger partial charge in [0.2, 0.25) is 0 Å². The van der Waals surface area contributed by atoms with Crippen molar-refractivity contribution in [1.29, 1.82) is 0 Å². The van der Waals surface area contributed by atoms with E-state index in [0.717, 1.165) is 6.04 Å². The maximum atomic E-state index is 2.55. The van der Waals surface area contributed by atoms with E-state index in [-0.39, 0.29) is 12.4 Å². The molecule has 0 radical (unpaired) electrons. The van der Waals surface area contributed by atoms with Crippen molar-refractivity contribution in [3.63, 3.8) is 0 Å². The van der Waals surface area contributed by atoms with Crippen LogP contribution in [0.25, 0.3) is 6.08 Å². The van der Waals surface area contributed by atoms with Gasteiger partial charge in [-0.1, -0.05) is 42.3 Å². The fraction of sp³-hybridized carbons (Fsp3) is 0.500. The van der Waals surface area contributed by atoms with Crippen LogP contribution in [0.2, 0.25) is 0 Å². The molecule has 1 aromatic carbocycles. The number of hydrogen-bond acceptors (Lipinski definition) is 1. The zero-order valence-corrected chi connectivity index (χ0v) is 11.9. The first kappa shape index (κ1) is 13.6. The van der Waals surface area contributed by atoms with E-state index in [1.807, 2.05) is 0 Å². The van der Waals surface area contributed by atoms with Gasteiger partial charge in [-0.2, -0.15) is 0 Å². The number of likely N-dealkylation sites (tertiary alicyclic amines) is 1. The van der Waals surface area contributed by atoms with E-state index in [4.69, 9.17) is 0 Å². The average Bonchev–Trinajstić information content (AvgIpc) is 2.74. The van der Waals surface area contributed by atoms with Gasteiger partial charge in [0.05, 0.1) is 0 Å². The largest absolute Gasteiger partial charge is 0.303 e. The summed E-state index contributed by atoms with van der Waals surface area (Å²) >= 11 is 0. The Labute approximate surface area is 116 Å². The molecule has 2 heteroatoms. The van der Waals surface area contributed by atoms with Crippen molar-refractivity contribution in [3.8, 4) is 0 Å². The Bertz CT molecular complexity index is 438. The van der Waals surface area contributed by atoms with E-state index in [0.29, 0.717) is 0 Å². The fourth-order valence-electron chi connectivity index (χ4n) is 3.19. The van der Waals surface area contributed by atoms with Crippen LogP contribution in [0.15, 0.2) is 29.8 Å². The molecule has 1 heterocycles. The molecule has 1 aromatic rings. The summed E-state index contributed by atoms with van der Waals surface area (Å²) in [7, 11) is 2.28. The summed E-state index contributed by atoms with van der Waals surface area (Å²) in [5.41, 5.74) is 4.59. The van der Waals surface area contributed by atoms with Gasteiger partial charge in [0.15, 0.2) is 0 Å². The number of piperidine rings is 1. The van der Waals surface area contributed by atoms with Gasteiger partial charge in [-0.25, -0.2) is 0 Å². The van der Waals surface area contributed by atoms with Gasteiger partial charge >= 0.3 is 0 Å². The fourth-order valence-corrected chi connectivity index (χ4v) is 3.19. The van der Waals surface area contributed by atoms with Crippen molar-refractivity contribution in [2.24, 2.45) is 0 Å². The molecule has 1 nitrogen and oxygen atoms in total. The van der Waals surface area contributed by atoms with E-state index < -0.39 is 0 Å². The number of rotatable bonds is 2. The molecule has 18 heavy (non-hydrogen) atoms. The predicted octanol–water partition coefficient (Wildman–Crippen LogP) is 3.92. The number of nitrogens with zero attached hydrogens (tertiary/aromatic N) is 1.